The van der Waals surface area contributed by atoms with Crippen LogP contribution in [0.2, 0.25) is 0 Å². The van der Waals surface area contributed by atoms with Gasteiger partial charge in [0.05, 0.1) is 12.5 Å². The monoisotopic (exact) mass is 379 g/mol. The predicted octanol–water partition coefficient (Wildman–Crippen LogP) is 2.67. The lowest BCUT2D eigenvalue weighted by Gasteiger charge is -2.16. The second-order valence-electron chi connectivity index (χ2n) is 5.86. The van der Waals surface area contributed by atoms with Crippen LogP contribution in [0.3, 0.4) is 0 Å². The molecular weight excluding hydrogens is 362 g/mol. The van der Waals surface area contributed by atoms with Gasteiger partial charge in [0.1, 0.15) is 12.3 Å². The molecule has 1 amide bonds. The lowest BCUT2D eigenvalue weighted by Crippen LogP contribution is -2.33. The molecule has 3 aromatic rings. The van der Waals surface area contributed by atoms with Crippen molar-refractivity contribution in [2.24, 2.45) is 0 Å². The van der Waals surface area contributed by atoms with Crippen molar-refractivity contribution in [2.45, 2.75) is 12.6 Å². The average molecular weight is 379 g/mol. The average Bonchev–Trinajstić information content (AvgIpc) is 2.71. The van der Waals surface area contributed by atoms with Crippen LogP contribution in [0.15, 0.2) is 78.0 Å². The van der Waals surface area contributed by atoms with Crippen LogP contribution in [0.4, 0.5) is 10.5 Å². The Labute approximate surface area is 160 Å². The molecule has 1 heterocycles. The van der Waals surface area contributed by atoms with E-state index in [-0.39, 0.29) is 12.3 Å². The Morgan fingerprint density at radius 1 is 1.07 bits per heavy atom. The van der Waals surface area contributed by atoms with Gasteiger partial charge in [-0.15, -0.1) is 0 Å². The van der Waals surface area contributed by atoms with Crippen molar-refractivity contribution in [3.8, 4) is 0 Å². The lowest BCUT2D eigenvalue weighted by molar-refractivity contribution is -0.139. The molecular formula is C20H17N3O5. The van der Waals surface area contributed by atoms with Crippen molar-refractivity contribution in [1.82, 2.24) is 9.55 Å². The highest BCUT2D eigenvalue weighted by atomic mass is 16.5. The van der Waals surface area contributed by atoms with Crippen molar-refractivity contribution >= 4 is 17.7 Å². The molecule has 8 nitrogen and oxygen atoms in total. The first kappa shape index (κ1) is 18.8. The number of nitrogens with one attached hydrogen (secondary N) is 1. The minimum atomic E-state index is -1.27. The van der Waals surface area contributed by atoms with Crippen LogP contribution in [0.25, 0.3) is 0 Å². The van der Waals surface area contributed by atoms with Gasteiger partial charge in [0.15, 0.2) is 6.04 Å². The van der Waals surface area contributed by atoms with E-state index in [4.69, 9.17) is 4.74 Å². The van der Waals surface area contributed by atoms with Crippen molar-refractivity contribution in [1.29, 1.82) is 0 Å². The molecule has 2 N–H and O–H groups in total. The van der Waals surface area contributed by atoms with Crippen LogP contribution in [0.5, 0.6) is 0 Å². The quantitative estimate of drug-likeness (QED) is 0.681. The molecule has 0 aliphatic carbocycles. The SMILES string of the molecule is O=C(Nc1cncn(C(C(=O)O)c2ccccc2)c1=O)OCc1ccccc1. The maximum atomic E-state index is 12.7. The number of benzene rings is 2. The molecule has 142 valence electrons. The van der Waals surface area contributed by atoms with Crippen LogP contribution in [-0.2, 0) is 16.1 Å². The molecule has 0 saturated carbocycles. The third-order valence-electron chi connectivity index (χ3n) is 3.94. The summed E-state index contributed by atoms with van der Waals surface area (Å²) < 4.78 is 6.03. The van der Waals surface area contributed by atoms with Crippen molar-refractivity contribution in [3.05, 3.63) is 94.7 Å². The van der Waals surface area contributed by atoms with Gasteiger partial charge in [-0.25, -0.2) is 14.6 Å². The van der Waals surface area contributed by atoms with Gasteiger partial charge in [-0.1, -0.05) is 60.7 Å². The highest BCUT2D eigenvalue weighted by Crippen LogP contribution is 2.17. The fourth-order valence-electron chi connectivity index (χ4n) is 2.62. The molecule has 3 rings (SSSR count). The molecule has 0 bridgehead atoms. The summed E-state index contributed by atoms with van der Waals surface area (Å²) in [6, 6.07) is 16.1. The molecule has 8 heteroatoms. The van der Waals surface area contributed by atoms with Gasteiger partial charge in [-0.3, -0.25) is 14.7 Å². The van der Waals surface area contributed by atoms with E-state index < -0.39 is 23.7 Å². The summed E-state index contributed by atoms with van der Waals surface area (Å²) in [6.45, 7) is 0.0306. The Morgan fingerprint density at radius 3 is 2.36 bits per heavy atom. The second kappa shape index (κ2) is 8.63. The molecule has 1 atom stereocenters. The molecule has 0 fully saturated rings. The number of carboxylic acid groups (broad SMARTS) is 1. The number of hydrogen-bond acceptors (Lipinski definition) is 5. The number of anilines is 1. The van der Waals surface area contributed by atoms with E-state index in [1.807, 2.05) is 18.2 Å². The summed E-state index contributed by atoms with van der Waals surface area (Å²) in [5.41, 5.74) is 0.310. The number of aromatic nitrogens is 2. The van der Waals surface area contributed by atoms with E-state index in [2.05, 4.69) is 10.3 Å². The number of hydrogen-bond donors (Lipinski definition) is 2. The zero-order valence-electron chi connectivity index (χ0n) is 14.7. The van der Waals surface area contributed by atoms with E-state index in [0.29, 0.717) is 5.56 Å². The van der Waals surface area contributed by atoms with E-state index in [1.54, 1.807) is 42.5 Å². The van der Waals surface area contributed by atoms with E-state index in [0.717, 1.165) is 22.7 Å². The topological polar surface area (TPSA) is 111 Å². The normalized spacial score (nSPS) is 11.4. The van der Waals surface area contributed by atoms with Crippen molar-refractivity contribution in [3.63, 3.8) is 0 Å². The zero-order valence-corrected chi connectivity index (χ0v) is 14.7. The number of carbonyl (C=O) groups is 2. The summed E-state index contributed by atoms with van der Waals surface area (Å²) in [5.74, 6) is -1.22. The van der Waals surface area contributed by atoms with Crippen LogP contribution in [0, 0.1) is 0 Å². The largest absolute Gasteiger partial charge is 0.479 e. The molecule has 1 unspecified atom stereocenters. The molecule has 0 aliphatic heterocycles. The first-order valence-corrected chi connectivity index (χ1v) is 8.38. The summed E-state index contributed by atoms with van der Waals surface area (Å²) in [4.78, 5) is 40.3. The van der Waals surface area contributed by atoms with Gasteiger partial charge in [0.25, 0.3) is 5.56 Å². The van der Waals surface area contributed by atoms with Gasteiger partial charge in [0.2, 0.25) is 0 Å². The van der Waals surface area contributed by atoms with Crippen LogP contribution >= 0.6 is 0 Å². The van der Waals surface area contributed by atoms with Crippen LogP contribution in [-0.4, -0.2) is 26.7 Å². The smallest absolute Gasteiger partial charge is 0.412 e. The molecule has 2 aromatic carbocycles. The molecule has 28 heavy (non-hydrogen) atoms. The fourth-order valence-corrected chi connectivity index (χ4v) is 2.62. The summed E-state index contributed by atoms with van der Waals surface area (Å²) in [6.07, 6.45) is 1.42. The number of amides is 1. The predicted molar refractivity (Wildman–Crippen MR) is 101 cm³/mol. The first-order chi connectivity index (χ1) is 13.6. The second-order valence-corrected chi connectivity index (χ2v) is 5.86. The van der Waals surface area contributed by atoms with E-state index >= 15 is 0 Å². The number of aliphatic carboxylic acids is 1. The highest BCUT2D eigenvalue weighted by molar-refractivity contribution is 5.84. The standard InChI is InChI=1S/C20H17N3O5/c24-18-16(22-20(27)28-12-14-7-3-1-4-8-14)11-21-13-23(18)17(19(25)26)15-9-5-2-6-10-15/h1-11,13,17H,12H2,(H,22,27)(H,25,26). The molecule has 0 spiro atoms. The van der Waals surface area contributed by atoms with Crippen molar-refractivity contribution < 1.29 is 19.4 Å². The lowest BCUT2D eigenvalue weighted by atomic mass is 10.1. The summed E-state index contributed by atoms with van der Waals surface area (Å²) >= 11 is 0. The number of nitrogens with zero attached hydrogens (tertiary/aromatic N) is 2. The Morgan fingerprint density at radius 2 is 1.71 bits per heavy atom. The number of ether oxygens (including phenoxy) is 1. The van der Waals surface area contributed by atoms with Gasteiger partial charge in [0, 0.05) is 0 Å². The summed E-state index contributed by atoms with van der Waals surface area (Å²) in [5, 5.41) is 11.9. The van der Waals surface area contributed by atoms with E-state index in [1.165, 1.54) is 0 Å². The Hall–Kier alpha value is -3.94. The highest BCUT2D eigenvalue weighted by Gasteiger charge is 2.24. The Kier molecular flexibility index (Phi) is 5.81. The third kappa shape index (κ3) is 4.42. The fraction of sp³-hybridized carbons (Fsp3) is 0.100. The van der Waals surface area contributed by atoms with Crippen LogP contribution in [0.1, 0.15) is 17.2 Å². The molecule has 0 aliphatic rings. The first-order valence-electron chi connectivity index (χ1n) is 8.38. The molecule has 0 saturated heterocycles. The Bertz CT molecular complexity index is 1020. The number of rotatable bonds is 6. The summed E-state index contributed by atoms with van der Waals surface area (Å²) in [7, 11) is 0. The number of carbonyl (C=O) groups excluding carboxylic acids is 1. The maximum absolute atomic E-state index is 12.7. The maximum Gasteiger partial charge on any atom is 0.412 e. The van der Waals surface area contributed by atoms with Gasteiger partial charge >= 0.3 is 12.1 Å². The van der Waals surface area contributed by atoms with Crippen LogP contribution < -0.4 is 10.9 Å². The minimum absolute atomic E-state index is 0.0306. The van der Waals surface area contributed by atoms with Crippen molar-refractivity contribution in [2.75, 3.05) is 5.32 Å². The number of carboxylic acids is 1. The Balaban J connectivity index is 1.79. The molecule has 1 aromatic heterocycles. The van der Waals surface area contributed by atoms with Gasteiger partial charge in [-0.05, 0) is 11.1 Å². The van der Waals surface area contributed by atoms with Gasteiger partial charge < -0.3 is 9.84 Å². The zero-order chi connectivity index (χ0) is 19.9. The van der Waals surface area contributed by atoms with E-state index in [9.17, 15) is 19.5 Å². The molecule has 0 radical (unpaired) electrons. The van der Waals surface area contributed by atoms with Gasteiger partial charge in [-0.2, -0.15) is 0 Å². The third-order valence-corrected chi connectivity index (χ3v) is 3.94. The minimum Gasteiger partial charge on any atom is -0.479 e.